The van der Waals surface area contributed by atoms with E-state index in [1.165, 1.54) is 18.7 Å². The van der Waals surface area contributed by atoms with Crippen molar-refractivity contribution in [2.45, 2.75) is 75.9 Å². The molecule has 1 aliphatic heterocycles. The molecule has 8 nitrogen and oxygen atoms in total. The third-order valence-corrected chi connectivity index (χ3v) is 7.49. The third-order valence-electron chi connectivity index (χ3n) is 6.29. The summed E-state index contributed by atoms with van der Waals surface area (Å²) < 4.78 is 11.6. The molecular formula is C28H37BN2O6S. The lowest BCUT2D eigenvalue weighted by Crippen LogP contribution is -2.49. The lowest BCUT2D eigenvalue weighted by Gasteiger charge is -2.30. The number of aromatic nitrogens is 1. The average Bonchev–Trinajstić information content (AvgIpc) is 2.88. The molecule has 0 saturated carbocycles. The maximum Gasteiger partial charge on any atom is 0.531 e. The summed E-state index contributed by atoms with van der Waals surface area (Å²) in [5.74, 6) is -1.52. The van der Waals surface area contributed by atoms with Crippen molar-refractivity contribution in [3.05, 3.63) is 54.2 Å². The lowest BCUT2D eigenvalue weighted by molar-refractivity contribution is -0.135. The largest absolute Gasteiger partial charge is 0.531 e. The minimum absolute atomic E-state index is 0.0284. The van der Waals surface area contributed by atoms with Crippen molar-refractivity contribution in [1.82, 2.24) is 10.3 Å². The molecule has 2 N–H and O–H groups in total. The minimum Gasteiger partial charge on any atom is -0.508 e. The number of aliphatic hydroxyl groups is 1. The zero-order chi connectivity index (χ0) is 27.8. The van der Waals surface area contributed by atoms with Gasteiger partial charge in [-0.3, -0.25) is 14.4 Å². The number of carbonyl (C=O) groups excluding carboxylic acids is 3. The van der Waals surface area contributed by atoms with E-state index in [1.54, 1.807) is 25.1 Å². The number of pyridine rings is 1. The van der Waals surface area contributed by atoms with Gasteiger partial charge in [0.15, 0.2) is 5.78 Å². The number of Topliss-reactive ketones (excluding diaryl/α,β-unsaturated/α-hetero) is 1. The molecule has 3 rings (SSSR count). The summed E-state index contributed by atoms with van der Waals surface area (Å²) in [4.78, 5) is 43.5. The zero-order valence-electron chi connectivity index (χ0n) is 22.6. The molecule has 10 heteroatoms. The lowest BCUT2D eigenvalue weighted by atomic mass is 9.64. The number of carbonyl (C=O) groups is 3. The average molecular weight is 540 g/mol. The number of hydrogen-bond donors (Lipinski definition) is 2. The van der Waals surface area contributed by atoms with Gasteiger partial charge in [-0.25, -0.2) is 4.98 Å². The number of nitrogens with one attached hydrogen (secondary N) is 1. The van der Waals surface area contributed by atoms with Crippen LogP contribution in [0.1, 0.15) is 57.9 Å². The maximum absolute atomic E-state index is 13.4. The molecule has 0 bridgehead atoms. The Morgan fingerprint density at radius 2 is 1.84 bits per heavy atom. The van der Waals surface area contributed by atoms with Crippen LogP contribution in [0.4, 0.5) is 0 Å². The molecule has 0 unspecified atom stereocenters. The van der Waals surface area contributed by atoms with E-state index in [9.17, 15) is 19.5 Å². The quantitative estimate of drug-likeness (QED) is 0.432. The summed E-state index contributed by atoms with van der Waals surface area (Å²) >= 11 is 1.49. The Bertz CT molecular complexity index is 1100. The minimum atomic E-state index is -1.16. The van der Waals surface area contributed by atoms with Gasteiger partial charge in [-0.2, -0.15) is 0 Å². The first kappa shape index (κ1) is 29.9. The molecule has 0 aliphatic carbocycles. The first-order valence-corrected chi connectivity index (χ1v) is 14.0. The van der Waals surface area contributed by atoms with Crippen LogP contribution in [0.5, 0.6) is 0 Å². The summed E-state index contributed by atoms with van der Waals surface area (Å²) in [7, 11) is -0.880. The molecule has 2 aromatic rings. The predicted molar refractivity (Wildman–Crippen MR) is 150 cm³/mol. The molecule has 1 aromatic heterocycles. The van der Waals surface area contributed by atoms with Crippen LogP contribution in [0.15, 0.2) is 48.5 Å². The van der Waals surface area contributed by atoms with Crippen molar-refractivity contribution in [2.24, 2.45) is 5.92 Å². The maximum atomic E-state index is 13.4. The molecule has 1 saturated heterocycles. The van der Waals surface area contributed by atoms with E-state index < -0.39 is 31.0 Å². The van der Waals surface area contributed by atoms with Gasteiger partial charge >= 0.3 is 13.1 Å². The fourth-order valence-corrected chi connectivity index (χ4v) is 5.47. The molecule has 204 valence electrons. The third kappa shape index (κ3) is 8.41. The Morgan fingerprint density at radius 3 is 2.50 bits per heavy atom. The Morgan fingerprint density at radius 1 is 1.13 bits per heavy atom. The number of benzene rings is 1. The number of amides is 1. The van der Waals surface area contributed by atoms with Crippen LogP contribution >= 0.6 is 11.8 Å². The van der Waals surface area contributed by atoms with E-state index >= 15 is 0 Å². The summed E-state index contributed by atoms with van der Waals surface area (Å²) in [5, 5.41) is 12.9. The smallest absolute Gasteiger partial charge is 0.508 e. The first-order chi connectivity index (χ1) is 18.0. The van der Waals surface area contributed by atoms with Crippen molar-refractivity contribution in [2.75, 3.05) is 6.61 Å². The second-order valence-corrected chi connectivity index (χ2v) is 12.0. The predicted octanol–water partition coefficient (Wildman–Crippen LogP) is 4.18. The van der Waals surface area contributed by atoms with Gasteiger partial charge in [0, 0.05) is 29.7 Å². The highest BCUT2D eigenvalue weighted by atomic mass is 32.2. The van der Waals surface area contributed by atoms with Crippen LogP contribution in [0.3, 0.4) is 0 Å². The van der Waals surface area contributed by atoms with E-state index in [0.29, 0.717) is 18.7 Å². The second-order valence-electron chi connectivity index (χ2n) is 10.3. The van der Waals surface area contributed by atoms with Gasteiger partial charge in [0.2, 0.25) is 0 Å². The molecule has 1 aromatic carbocycles. The molecule has 38 heavy (non-hydrogen) atoms. The highest BCUT2D eigenvalue weighted by molar-refractivity contribution is 8.01. The summed E-state index contributed by atoms with van der Waals surface area (Å²) in [6, 6.07) is 13.4. The fraction of sp³-hybridized carbons (Fsp3) is 0.500. The van der Waals surface area contributed by atoms with Gasteiger partial charge in [0.05, 0.1) is 17.0 Å². The van der Waals surface area contributed by atoms with Gasteiger partial charge in [0.1, 0.15) is 11.7 Å². The van der Waals surface area contributed by atoms with Gasteiger partial charge in [-0.1, -0.05) is 57.2 Å². The molecule has 2 heterocycles. The van der Waals surface area contributed by atoms with E-state index in [1.807, 2.05) is 51.1 Å². The summed E-state index contributed by atoms with van der Waals surface area (Å²) in [5.41, 5.74) is 1.62. The van der Waals surface area contributed by atoms with Crippen LogP contribution in [-0.4, -0.2) is 64.1 Å². The molecule has 1 amide bonds. The Labute approximate surface area is 229 Å². The first-order valence-electron chi connectivity index (χ1n) is 13.1. The van der Waals surface area contributed by atoms with Crippen molar-refractivity contribution >= 4 is 36.5 Å². The highest BCUT2D eigenvalue weighted by Crippen LogP contribution is 2.31. The highest BCUT2D eigenvalue weighted by Gasteiger charge is 2.41. The van der Waals surface area contributed by atoms with E-state index in [0.717, 1.165) is 5.56 Å². The van der Waals surface area contributed by atoms with Crippen molar-refractivity contribution in [1.29, 1.82) is 0 Å². The summed E-state index contributed by atoms with van der Waals surface area (Å²) in [6.45, 7) is 9.66. The number of ketones is 1. The second kappa shape index (κ2) is 13.9. The van der Waals surface area contributed by atoms with Crippen molar-refractivity contribution in [3.63, 3.8) is 0 Å². The number of aliphatic hydroxyl groups excluding tert-OH is 1. The van der Waals surface area contributed by atoms with E-state index in [-0.39, 0.29) is 40.3 Å². The molecule has 1 fully saturated rings. The van der Waals surface area contributed by atoms with Crippen molar-refractivity contribution < 1.29 is 28.8 Å². The van der Waals surface area contributed by atoms with Crippen LogP contribution < -0.4 is 5.32 Å². The van der Waals surface area contributed by atoms with Crippen LogP contribution in [0, 0.1) is 5.92 Å². The number of thioether (sulfide) groups is 1. The Kier molecular flexibility index (Phi) is 10.9. The zero-order valence-corrected chi connectivity index (χ0v) is 23.4. The van der Waals surface area contributed by atoms with Crippen LogP contribution in [0.2, 0.25) is 5.82 Å². The van der Waals surface area contributed by atoms with Gasteiger partial charge in [-0.05, 0) is 38.3 Å². The molecule has 0 spiro atoms. The molecule has 0 radical (unpaired) electrons. The van der Waals surface area contributed by atoms with Gasteiger partial charge < -0.3 is 19.7 Å². The fourth-order valence-electron chi connectivity index (χ4n) is 4.45. The number of nitrogens with zero attached hydrogens (tertiary/aromatic N) is 1. The van der Waals surface area contributed by atoms with Crippen molar-refractivity contribution in [3.8, 4) is 11.3 Å². The van der Waals surface area contributed by atoms with Gasteiger partial charge in [-0.15, -0.1) is 11.8 Å². The van der Waals surface area contributed by atoms with E-state index in [4.69, 9.17) is 9.31 Å². The van der Waals surface area contributed by atoms with Crippen LogP contribution in [0.25, 0.3) is 11.3 Å². The van der Waals surface area contributed by atoms with E-state index in [2.05, 4.69) is 10.3 Å². The Hall–Kier alpha value is -2.69. The molecule has 1 aliphatic rings. The Balaban J connectivity index is 1.76. The monoisotopic (exact) mass is 540 g/mol. The number of rotatable bonds is 10. The normalized spacial score (nSPS) is 20.6. The summed E-state index contributed by atoms with van der Waals surface area (Å²) in [6.07, 6.45) is -0.596. The SMILES string of the molecule is CC(C)C[C@H](CC(=O)[C@@H](NC(=O)c1cccc(-c2ccccc2)n1)[C@@H](C)O)B1OC[C@H](C)S[C@H](C)C(=O)O1. The topological polar surface area (TPSA) is 115 Å². The molecular weight excluding hydrogens is 503 g/mol. The number of hydrogen-bond acceptors (Lipinski definition) is 8. The van der Waals surface area contributed by atoms with Gasteiger partial charge in [0.25, 0.3) is 5.91 Å². The standard InChI is InChI=1S/C28H37BN2O6S/c1-17(2)14-22(29-36-16-18(3)38-20(5)28(35)37-29)15-25(33)26(19(4)32)31-27(34)24-13-9-12-23(30-24)21-10-7-6-8-11-21/h6-13,17-20,22,26,32H,14-16H2,1-5H3,(H,31,34)/t18-,19+,20+,22+,26-/m0/s1. The molecule has 5 atom stereocenters. The van der Waals surface area contributed by atoms with Crippen LogP contribution in [-0.2, 0) is 18.9 Å².